The average molecular weight is 268 g/mol. The van der Waals surface area contributed by atoms with Crippen LogP contribution in [0.3, 0.4) is 0 Å². The minimum atomic E-state index is 0.121. The molecule has 0 aromatic carbocycles. The summed E-state index contributed by atoms with van der Waals surface area (Å²) in [7, 11) is 0. The van der Waals surface area contributed by atoms with Gasteiger partial charge in [0.2, 0.25) is 5.91 Å². The largest absolute Gasteiger partial charge is 0.395 e. The molecule has 0 heterocycles. The molecule has 0 unspecified atom stereocenters. The molecule has 0 bridgehead atoms. The summed E-state index contributed by atoms with van der Waals surface area (Å²) in [5.74, 6) is 0.946. The van der Waals surface area contributed by atoms with Gasteiger partial charge in [-0.25, -0.2) is 0 Å². The lowest BCUT2D eigenvalue weighted by atomic mass is 9.87. The van der Waals surface area contributed by atoms with Crippen molar-refractivity contribution < 1.29 is 9.90 Å². The lowest BCUT2D eigenvalue weighted by Crippen LogP contribution is -2.40. The van der Waals surface area contributed by atoms with Crippen molar-refractivity contribution in [1.29, 1.82) is 0 Å². The normalized spacial score (nSPS) is 20.7. The van der Waals surface area contributed by atoms with Gasteiger partial charge in [0.05, 0.1) is 13.2 Å². The molecule has 2 N–H and O–H groups in total. The molecule has 0 atom stereocenters. The Morgan fingerprint density at radius 3 is 2.53 bits per heavy atom. The molecule has 0 aromatic rings. The third kappa shape index (κ3) is 5.49. The first-order valence-electron chi connectivity index (χ1n) is 7.91. The van der Waals surface area contributed by atoms with E-state index < -0.39 is 0 Å². The highest BCUT2D eigenvalue weighted by Crippen LogP contribution is 2.26. The van der Waals surface area contributed by atoms with E-state index in [1.807, 2.05) is 0 Å². The Kier molecular flexibility index (Phi) is 6.11. The van der Waals surface area contributed by atoms with Crippen LogP contribution in [0.15, 0.2) is 0 Å². The molecule has 2 rings (SSSR count). The van der Waals surface area contributed by atoms with E-state index in [0.717, 1.165) is 18.9 Å². The predicted octanol–water partition coefficient (Wildman–Crippen LogP) is 1.53. The van der Waals surface area contributed by atoms with Crippen LogP contribution in [0.4, 0.5) is 0 Å². The molecule has 2 aliphatic rings. The highest BCUT2D eigenvalue weighted by molar-refractivity contribution is 5.78. The van der Waals surface area contributed by atoms with Gasteiger partial charge in [-0.05, 0) is 25.2 Å². The van der Waals surface area contributed by atoms with E-state index >= 15 is 0 Å². The van der Waals surface area contributed by atoms with E-state index in [-0.39, 0.29) is 12.5 Å². The van der Waals surface area contributed by atoms with Crippen LogP contribution < -0.4 is 5.32 Å². The van der Waals surface area contributed by atoms with Gasteiger partial charge in [-0.2, -0.15) is 0 Å². The van der Waals surface area contributed by atoms with Crippen LogP contribution >= 0.6 is 0 Å². The number of hydrogen-bond donors (Lipinski definition) is 2. The lowest BCUT2D eigenvalue weighted by molar-refractivity contribution is -0.122. The fourth-order valence-corrected chi connectivity index (χ4v) is 3.09. The molecule has 4 nitrogen and oxygen atoms in total. The standard InChI is InChI=1S/C15H28N2O2/c18-11-10-17(14-6-7-14)12-15(19)16-9-8-13-4-2-1-3-5-13/h13-14,18H,1-12H2,(H,16,19). The number of carbonyl (C=O) groups is 1. The van der Waals surface area contributed by atoms with Crippen molar-refractivity contribution in [2.24, 2.45) is 5.92 Å². The van der Waals surface area contributed by atoms with E-state index in [0.29, 0.717) is 19.1 Å². The van der Waals surface area contributed by atoms with E-state index in [1.54, 1.807) is 0 Å². The minimum Gasteiger partial charge on any atom is -0.395 e. The summed E-state index contributed by atoms with van der Waals surface area (Å²) in [6.07, 6.45) is 10.3. The maximum absolute atomic E-state index is 11.9. The predicted molar refractivity (Wildman–Crippen MR) is 75.9 cm³/mol. The van der Waals surface area contributed by atoms with Crippen LogP contribution in [-0.4, -0.2) is 48.2 Å². The summed E-state index contributed by atoms with van der Waals surface area (Å²) in [6, 6.07) is 0.538. The van der Waals surface area contributed by atoms with Crippen LogP contribution in [0.25, 0.3) is 0 Å². The molecule has 2 aliphatic carbocycles. The molecule has 2 saturated carbocycles. The first-order chi connectivity index (χ1) is 9.29. The maximum atomic E-state index is 11.9. The zero-order valence-corrected chi connectivity index (χ0v) is 11.9. The van der Waals surface area contributed by atoms with Crippen molar-refractivity contribution in [3.8, 4) is 0 Å². The monoisotopic (exact) mass is 268 g/mol. The Bertz CT molecular complexity index is 273. The van der Waals surface area contributed by atoms with Gasteiger partial charge in [0.15, 0.2) is 0 Å². The van der Waals surface area contributed by atoms with Crippen molar-refractivity contribution in [3.05, 3.63) is 0 Å². The molecule has 0 aromatic heterocycles. The van der Waals surface area contributed by atoms with Crippen LogP contribution in [0.2, 0.25) is 0 Å². The van der Waals surface area contributed by atoms with Gasteiger partial charge >= 0.3 is 0 Å². The molecule has 2 fully saturated rings. The van der Waals surface area contributed by atoms with Crippen molar-refractivity contribution in [1.82, 2.24) is 10.2 Å². The number of aliphatic hydroxyl groups is 1. The fraction of sp³-hybridized carbons (Fsp3) is 0.933. The average Bonchev–Trinajstić information content (AvgIpc) is 3.24. The topological polar surface area (TPSA) is 52.6 Å². The SMILES string of the molecule is O=C(CN(CCO)C1CC1)NCCC1CCCCC1. The van der Waals surface area contributed by atoms with Crippen molar-refractivity contribution in [2.75, 3.05) is 26.2 Å². The zero-order chi connectivity index (χ0) is 13.5. The van der Waals surface area contributed by atoms with Crippen molar-refractivity contribution in [3.63, 3.8) is 0 Å². The third-order valence-corrected chi connectivity index (χ3v) is 4.40. The van der Waals surface area contributed by atoms with Crippen LogP contribution in [0, 0.1) is 5.92 Å². The van der Waals surface area contributed by atoms with E-state index in [2.05, 4.69) is 10.2 Å². The summed E-state index contributed by atoms with van der Waals surface area (Å²) in [6.45, 7) is 2.05. The number of nitrogens with zero attached hydrogens (tertiary/aromatic N) is 1. The summed E-state index contributed by atoms with van der Waals surface area (Å²) < 4.78 is 0. The van der Waals surface area contributed by atoms with Crippen molar-refractivity contribution >= 4 is 5.91 Å². The quantitative estimate of drug-likeness (QED) is 0.702. The van der Waals surface area contributed by atoms with Crippen molar-refractivity contribution in [2.45, 2.75) is 57.4 Å². The smallest absolute Gasteiger partial charge is 0.234 e. The van der Waals surface area contributed by atoms with E-state index in [9.17, 15) is 4.79 Å². The molecule has 0 saturated heterocycles. The minimum absolute atomic E-state index is 0.121. The van der Waals surface area contributed by atoms with Gasteiger partial charge in [-0.15, -0.1) is 0 Å². The fourth-order valence-electron chi connectivity index (χ4n) is 3.09. The Morgan fingerprint density at radius 1 is 1.16 bits per heavy atom. The Balaban J connectivity index is 1.57. The summed E-state index contributed by atoms with van der Waals surface area (Å²) in [5.41, 5.74) is 0. The number of carbonyl (C=O) groups excluding carboxylic acids is 1. The Morgan fingerprint density at radius 2 is 1.89 bits per heavy atom. The number of rotatable bonds is 8. The van der Waals surface area contributed by atoms with Gasteiger partial charge in [0.25, 0.3) is 0 Å². The van der Waals surface area contributed by atoms with Crippen LogP contribution in [-0.2, 0) is 4.79 Å². The maximum Gasteiger partial charge on any atom is 0.234 e. The van der Waals surface area contributed by atoms with Gasteiger partial charge in [0.1, 0.15) is 0 Å². The molecular formula is C15H28N2O2. The zero-order valence-electron chi connectivity index (χ0n) is 11.9. The molecule has 19 heavy (non-hydrogen) atoms. The summed E-state index contributed by atoms with van der Waals surface area (Å²) in [5, 5.41) is 12.0. The highest BCUT2D eigenvalue weighted by Gasteiger charge is 2.29. The lowest BCUT2D eigenvalue weighted by Gasteiger charge is -2.22. The molecule has 0 spiro atoms. The number of amides is 1. The Hall–Kier alpha value is -0.610. The van der Waals surface area contributed by atoms with Gasteiger partial charge < -0.3 is 10.4 Å². The number of hydrogen-bond acceptors (Lipinski definition) is 3. The van der Waals surface area contributed by atoms with Gasteiger partial charge in [-0.1, -0.05) is 32.1 Å². The van der Waals surface area contributed by atoms with Crippen LogP contribution in [0.5, 0.6) is 0 Å². The van der Waals surface area contributed by atoms with Gasteiger partial charge in [-0.3, -0.25) is 9.69 Å². The van der Waals surface area contributed by atoms with E-state index in [4.69, 9.17) is 5.11 Å². The molecular weight excluding hydrogens is 240 g/mol. The summed E-state index contributed by atoms with van der Waals surface area (Å²) >= 11 is 0. The first kappa shape index (κ1) is 14.8. The first-order valence-corrected chi connectivity index (χ1v) is 7.91. The number of nitrogens with one attached hydrogen (secondary N) is 1. The van der Waals surface area contributed by atoms with E-state index in [1.165, 1.54) is 44.9 Å². The second-order valence-corrected chi connectivity index (χ2v) is 6.07. The second-order valence-electron chi connectivity index (χ2n) is 6.07. The van der Waals surface area contributed by atoms with Crippen LogP contribution in [0.1, 0.15) is 51.4 Å². The third-order valence-electron chi connectivity index (χ3n) is 4.40. The second kappa shape index (κ2) is 7.85. The molecule has 4 heteroatoms. The Labute approximate surface area is 116 Å². The highest BCUT2D eigenvalue weighted by atomic mass is 16.3. The molecule has 1 amide bonds. The molecule has 110 valence electrons. The molecule has 0 radical (unpaired) electrons. The molecule has 0 aliphatic heterocycles. The number of aliphatic hydroxyl groups excluding tert-OH is 1. The van der Waals surface area contributed by atoms with Gasteiger partial charge in [0, 0.05) is 19.1 Å². The summed E-state index contributed by atoms with van der Waals surface area (Å²) in [4.78, 5) is 14.0.